The van der Waals surface area contributed by atoms with Crippen LogP contribution in [0.3, 0.4) is 0 Å². The normalized spacial score (nSPS) is 16.5. The number of anilines is 1. The van der Waals surface area contributed by atoms with E-state index in [1.165, 1.54) is 17.5 Å². The van der Waals surface area contributed by atoms with E-state index in [0.717, 1.165) is 41.6 Å². The molecular weight excluding hydrogens is 322 g/mol. The molecule has 1 unspecified atom stereocenters. The highest BCUT2D eigenvalue weighted by molar-refractivity contribution is 5.98. The predicted octanol–water partition coefficient (Wildman–Crippen LogP) is 4.00. The molecule has 0 saturated heterocycles. The van der Waals surface area contributed by atoms with Gasteiger partial charge < -0.3 is 5.73 Å². The van der Waals surface area contributed by atoms with Gasteiger partial charge in [-0.2, -0.15) is 5.10 Å². The molecule has 2 aromatic carbocycles. The molecule has 1 atom stereocenters. The minimum Gasteiger partial charge on any atom is -0.383 e. The van der Waals surface area contributed by atoms with E-state index in [1.807, 2.05) is 35.0 Å². The molecule has 0 radical (unpaired) electrons. The number of nitrogens with zero attached hydrogens (tertiary/aromatic N) is 4. The molecule has 128 valence electrons. The van der Waals surface area contributed by atoms with Crippen LogP contribution in [0.1, 0.15) is 30.0 Å². The standard InChI is InChI=1S/C21H19N5/c22-20-18-19(15-8-2-1-3-9-15)25-26(21(18)24-13-23-20)17-12-6-10-14-7-4-5-11-16(14)17/h1-5,7-9,11,13,17H,6,10,12H2,(H2,22,23,24). The van der Waals surface area contributed by atoms with Gasteiger partial charge in [0, 0.05) is 5.56 Å². The van der Waals surface area contributed by atoms with Crippen LogP contribution in [-0.2, 0) is 6.42 Å². The molecule has 0 saturated carbocycles. The van der Waals surface area contributed by atoms with Gasteiger partial charge in [0.25, 0.3) is 0 Å². The topological polar surface area (TPSA) is 69.6 Å². The van der Waals surface area contributed by atoms with E-state index in [4.69, 9.17) is 10.8 Å². The first kappa shape index (κ1) is 15.1. The second kappa shape index (κ2) is 5.95. The average Bonchev–Trinajstić information content (AvgIpc) is 3.09. The summed E-state index contributed by atoms with van der Waals surface area (Å²) in [5.74, 6) is 0.476. The summed E-state index contributed by atoms with van der Waals surface area (Å²) in [6, 6.07) is 18.9. The Morgan fingerprint density at radius 3 is 2.65 bits per heavy atom. The number of fused-ring (bicyclic) bond motifs is 2. The fourth-order valence-corrected chi connectivity index (χ4v) is 3.99. The largest absolute Gasteiger partial charge is 0.383 e. The lowest BCUT2D eigenvalue weighted by Crippen LogP contribution is -2.18. The summed E-state index contributed by atoms with van der Waals surface area (Å²) in [6.07, 6.45) is 4.84. The Kier molecular flexibility index (Phi) is 3.45. The second-order valence-electron chi connectivity index (χ2n) is 6.72. The maximum Gasteiger partial charge on any atom is 0.164 e. The highest BCUT2D eigenvalue weighted by Crippen LogP contribution is 2.37. The first-order valence-corrected chi connectivity index (χ1v) is 8.95. The van der Waals surface area contributed by atoms with Crippen molar-refractivity contribution in [3.8, 4) is 11.3 Å². The van der Waals surface area contributed by atoms with Crippen molar-refractivity contribution < 1.29 is 0 Å². The highest BCUT2D eigenvalue weighted by atomic mass is 15.3. The van der Waals surface area contributed by atoms with E-state index < -0.39 is 0 Å². The van der Waals surface area contributed by atoms with Gasteiger partial charge in [0.05, 0.1) is 11.4 Å². The monoisotopic (exact) mass is 341 g/mol. The van der Waals surface area contributed by atoms with Gasteiger partial charge in [0.15, 0.2) is 5.65 Å². The molecule has 5 heteroatoms. The molecule has 1 aliphatic carbocycles. The minimum atomic E-state index is 0.175. The van der Waals surface area contributed by atoms with Crippen LogP contribution in [0.25, 0.3) is 22.3 Å². The first-order chi connectivity index (χ1) is 12.8. The summed E-state index contributed by atoms with van der Waals surface area (Å²) in [6.45, 7) is 0. The Labute approximate surface area is 151 Å². The Hall–Kier alpha value is -3.21. The van der Waals surface area contributed by atoms with Gasteiger partial charge in [-0.25, -0.2) is 14.6 Å². The zero-order valence-electron chi connectivity index (χ0n) is 14.3. The zero-order chi connectivity index (χ0) is 17.5. The van der Waals surface area contributed by atoms with Crippen LogP contribution in [-0.4, -0.2) is 19.7 Å². The van der Waals surface area contributed by atoms with Crippen LogP contribution in [0, 0.1) is 0 Å². The van der Waals surface area contributed by atoms with Gasteiger partial charge in [-0.15, -0.1) is 0 Å². The van der Waals surface area contributed by atoms with E-state index in [2.05, 4.69) is 34.2 Å². The molecule has 1 aliphatic rings. The third-order valence-electron chi connectivity index (χ3n) is 5.20. The number of hydrogen-bond acceptors (Lipinski definition) is 4. The highest BCUT2D eigenvalue weighted by Gasteiger charge is 2.26. The molecule has 4 aromatic rings. The van der Waals surface area contributed by atoms with Crippen molar-refractivity contribution in [1.29, 1.82) is 0 Å². The molecule has 5 nitrogen and oxygen atoms in total. The molecule has 0 aliphatic heterocycles. The Morgan fingerprint density at radius 1 is 0.962 bits per heavy atom. The molecule has 5 rings (SSSR count). The van der Waals surface area contributed by atoms with Crippen LogP contribution < -0.4 is 5.73 Å². The molecular formula is C21H19N5. The van der Waals surface area contributed by atoms with Crippen LogP contribution >= 0.6 is 0 Å². The average molecular weight is 341 g/mol. The zero-order valence-corrected chi connectivity index (χ0v) is 14.3. The molecule has 0 bridgehead atoms. The van der Waals surface area contributed by atoms with Crippen LogP contribution in [0.4, 0.5) is 5.82 Å². The van der Waals surface area contributed by atoms with E-state index in [9.17, 15) is 0 Å². The van der Waals surface area contributed by atoms with Crippen molar-refractivity contribution in [2.75, 3.05) is 5.73 Å². The molecule has 0 fully saturated rings. The van der Waals surface area contributed by atoms with E-state index in [1.54, 1.807) is 0 Å². The van der Waals surface area contributed by atoms with Gasteiger partial charge >= 0.3 is 0 Å². The molecule has 26 heavy (non-hydrogen) atoms. The Morgan fingerprint density at radius 2 is 1.77 bits per heavy atom. The minimum absolute atomic E-state index is 0.175. The van der Waals surface area contributed by atoms with Crippen molar-refractivity contribution in [3.63, 3.8) is 0 Å². The summed E-state index contributed by atoms with van der Waals surface area (Å²) < 4.78 is 2.05. The number of nitrogen functional groups attached to an aromatic ring is 1. The summed E-state index contributed by atoms with van der Waals surface area (Å²) >= 11 is 0. The lowest BCUT2D eigenvalue weighted by Gasteiger charge is -2.26. The SMILES string of the molecule is Nc1ncnc2c1c(-c1ccccc1)nn2C1CCCc2ccccc21. The molecule has 0 spiro atoms. The van der Waals surface area contributed by atoms with E-state index >= 15 is 0 Å². The van der Waals surface area contributed by atoms with Crippen LogP contribution in [0.5, 0.6) is 0 Å². The van der Waals surface area contributed by atoms with Crippen molar-refractivity contribution >= 4 is 16.9 Å². The Balaban J connectivity index is 1.77. The number of aromatic nitrogens is 4. The van der Waals surface area contributed by atoms with Gasteiger partial charge in [0.2, 0.25) is 0 Å². The van der Waals surface area contributed by atoms with Crippen molar-refractivity contribution in [3.05, 3.63) is 72.1 Å². The van der Waals surface area contributed by atoms with Crippen molar-refractivity contribution in [2.24, 2.45) is 0 Å². The number of nitrogens with two attached hydrogens (primary N) is 1. The maximum absolute atomic E-state index is 6.23. The van der Waals surface area contributed by atoms with Crippen LogP contribution in [0.2, 0.25) is 0 Å². The number of hydrogen-bond donors (Lipinski definition) is 1. The molecule has 2 heterocycles. The molecule has 0 amide bonds. The predicted molar refractivity (Wildman–Crippen MR) is 103 cm³/mol. The fourth-order valence-electron chi connectivity index (χ4n) is 3.99. The lowest BCUT2D eigenvalue weighted by molar-refractivity contribution is 0.461. The summed E-state index contributed by atoms with van der Waals surface area (Å²) in [5, 5.41) is 5.81. The molecule has 2 N–H and O–H groups in total. The van der Waals surface area contributed by atoms with Crippen LogP contribution in [0.15, 0.2) is 60.9 Å². The maximum atomic E-state index is 6.23. The fraction of sp³-hybridized carbons (Fsp3) is 0.190. The first-order valence-electron chi connectivity index (χ1n) is 8.95. The third-order valence-corrected chi connectivity index (χ3v) is 5.20. The van der Waals surface area contributed by atoms with Gasteiger partial charge in [-0.05, 0) is 30.4 Å². The van der Waals surface area contributed by atoms with Crippen molar-refractivity contribution in [2.45, 2.75) is 25.3 Å². The van der Waals surface area contributed by atoms with E-state index in [0.29, 0.717) is 5.82 Å². The van der Waals surface area contributed by atoms with E-state index in [-0.39, 0.29) is 6.04 Å². The quantitative estimate of drug-likeness (QED) is 0.598. The van der Waals surface area contributed by atoms with Gasteiger partial charge in [-0.1, -0.05) is 54.6 Å². The molecule has 2 aromatic heterocycles. The van der Waals surface area contributed by atoms with Crippen molar-refractivity contribution in [1.82, 2.24) is 19.7 Å². The lowest BCUT2D eigenvalue weighted by atomic mass is 9.88. The summed E-state index contributed by atoms with van der Waals surface area (Å²) in [5.41, 5.74) is 11.6. The third kappa shape index (κ3) is 2.28. The summed E-state index contributed by atoms with van der Waals surface area (Å²) in [4.78, 5) is 8.76. The summed E-state index contributed by atoms with van der Waals surface area (Å²) in [7, 11) is 0. The number of aryl methyl sites for hydroxylation is 1. The second-order valence-corrected chi connectivity index (χ2v) is 6.72. The Bertz CT molecular complexity index is 1080. The number of benzene rings is 2. The smallest absolute Gasteiger partial charge is 0.164 e. The van der Waals surface area contributed by atoms with Gasteiger partial charge in [-0.3, -0.25) is 0 Å². The number of rotatable bonds is 2. The van der Waals surface area contributed by atoms with Gasteiger partial charge in [0.1, 0.15) is 17.8 Å².